The van der Waals surface area contributed by atoms with Gasteiger partial charge in [0.15, 0.2) is 6.04 Å². The Morgan fingerprint density at radius 3 is 2.85 bits per heavy atom. The van der Waals surface area contributed by atoms with Gasteiger partial charge >= 0.3 is 6.03 Å². The van der Waals surface area contributed by atoms with Gasteiger partial charge in [-0.1, -0.05) is 6.07 Å². The predicted octanol–water partition coefficient (Wildman–Crippen LogP) is 1.06. The maximum absolute atomic E-state index is 12.4. The molecule has 6 heteroatoms. The molecule has 0 radical (unpaired) electrons. The lowest BCUT2D eigenvalue weighted by Gasteiger charge is -2.34. The van der Waals surface area contributed by atoms with Crippen molar-refractivity contribution in [2.24, 2.45) is 0 Å². The molecule has 1 saturated heterocycles. The van der Waals surface area contributed by atoms with Crippen LogP contribution in [0.5, 0.6) is 0 Å². The largest absolute Gasteiger partial charge is 0.352 e. The Morgan fingerprint density at radius 2 is 2.25 bits per heavy atom. The van der Waals surface area contributed by atoms with Crippen LogP contribution >= 0.6 is 0 Å². The van der Waals surface area contributed by atoms with E-state index in [0.29, 0.717) is 18.8 Å². The number of aromatic nitrogens is 1. The summed E-state index contributed by atoms with van der Waals surface area (Å²) < 4.78 is 0. The van der Waals surface area contributed by atoms with Gasteiger partial charge in [0.25, 0.3) is 0 Å². The minimum Gasteiger partial charge on any atom is -0.352 e. The van der Waals surface area contributed by atoms with Crippen LogP contribution in [0.2, 0.25) is 0 Å². The van der Waals surface area contributed by atoms with Gasteiger partial charge < -0.3 is 15.5 Å². The van der Waals surface area contributed by atoms with Gasteiger partial charge in [0.2, 0.25) is 5.91 Å². The van der Waals surface area contributed by atoms with Crippen molar-refractivity contribution in [3.63, 3.8) is 0 Å². The smallest absolute Gasteiger partial charge is 0.318 e. The number of nitrogens with zero attached hydrogens (tertiary/aromatic N) is 2. The van der Waals surface area contributed by atoms with Crippen molar-refractivity contribution in [1.29, 1.82) is 0 Å². The lowest BCUT2D eigenvalue weighted by molar-refractivity contribution is -0.126. The van der Waals surface area contributed by atoms with Crippen molar-refractivity contribution < 1.29 is 9.59 Å². The van der Waals surface area contributed by atoms with E-state index in [4.69, 9.17) is 0 Å². The number of hydrogen-bond donors (Lipinski definition) is 2. The van der Waals surface area contributed by atoms with Crippen LogP contribution in [0.1, 0.15) is 32.0 Å². The molecule has 0 bridgehead atoms. The molecule has 2 heterocycles. The standard InChI is InChI=1S/C14H20N4O2/c1-10(2)17-13(19)12(11-6-3-4-7-15-11)18-9-5-8-16-14(18)20/h3-4,6-7,10,12H,5,8-9H2,1-2H3,(H,16,20)(H,17,19). The Morgan fingerprint density at radius 1 is 1.45 bits per heavy atom. The molecular formula is C14H20N4O2. The van der Waals surface area contributed by atoms with E-state index in [9.17, 15) is 9.59 Å². The Hall–Kier alpha value is -2.11. The first-order valence-electron chi connectivity index (χ1n) is 6.85. The summed E-state index contributed by atoms with van der Waals surface area (Å²) in [5.41, 5.74) is 0.586. The van der Waals surface area contributed by atoms with Crippen LogP contribution in [0.4, 0.5) is 4.79 Å². The zero-order valence-corrected chi connectivity index (χ0v) is 11.8. The van der Waals surface area contributed by atoms with E-state index >= 15 is 0 Å². The quantitative estimate of drug-likeness (QED) is 0.863. The summed E-state index contributed by atoms with van der Waals surface area (Å²) in [5, 5.41) is 5.63. The monoisotopic (exact) mass is 276 g/mol. The average molecular weight is 276 g/mol. The van der Waals surface area contributed by atoms with E-state index in [1.807, 2.05) is 19.9 Å². The van der Waals surface area contributed by atoms with Gasteiger partial charge in [0.1, 0.15) is 0 Å². The van der Waals surface area contributed by atoms with E-state index in [1.165, 1.54) is 0 Å². The number of hydrogen-bond acceptors (Lipinski definition) is 3. The molecule has 108 valence electrons. The molecule has 2 N–H and O–H groups in total. The fourth-order valence-corrected chi connectivity index (χ4v) is 2.23. The molecular weight excluding hydrogens is 256 g/mol. The molecule has 1 aliphatic heterocycles. The number of pyridine rings is 1. The third-order valence-corrected chi connectivity index (χ3v) is 3.07. The second kappa shape index (κ2) is 6.36. The summed E-state index contributed by atoms with van der Waals surface area (Å²) in [6.45, 7) is 4.99. The molecule has 1 fully saturated rings. The average Bonchev–Trinajstić information content (AvgIpc) is 2.42. The highest BCUT2D eigenvalue weighted by molar-refractivity contribution is 5.88. The molecule has 0 aliphatic carbocycles. The maximum atomic E-state index is 12.4. The van der Waals surface area contributed by atoms with Crippen molar-refractivity contribution >= 4 is 11.9 Å². The first kappa shape index (κ1) is 14.3. The molecule has 6 nitrogen and oxygen atoms in total. The van der Waals surface area contributed by atoms with Crippen LogP contribution in [0, 0.1) is 0 Å². The lowest BCUT2D eigenvalue weighted by Crippen LogP contribution is -2.52. The summed E-state index contributed by atoms with van der Waals surface area (Å²) in [4.78, 5) is 30.2. The van der Waals surface area contributed by atoms with Gasteiger partial charge in [-0.25, -0.2) is 4.79 Å². The zero-order valence-electron chi connectivity index (χ0n) is 11.8. The molecule has 0 saturated carbocycles. The highest BCUT2D eigenvalue weighted by Gasteiger charge is 2.33. The molecule has 1 aliphatic rings. The predicted molar refractivity (Wildman–Crippen MR) is 75.0 cm³/mol. The van der Waals surface area contributed by atoms with Crippen molar-refractivity contribution in [2.45, 2.75) is 32.4 Å². The molecule has 0 aromatic carbocycles. The van der Waals surface area contributed by atoms with Gasteiger partial charge in [-0.05, 0) is 32.4 Å². The molecule has 20 heavy (non-hydrogen) atoms. The molecule has 3 amide bonds. The molecule has 0 spiro atoms. The van der Waals surface area contributed by atoms with Crippen LogP contribution in [-0.4, -0.2) is 41.0 Å². The maximum Gasteiger partial charge on any atom is 0.318 e. The van der Waals surface area contributed by atoms with E-state index in [2.05, 4.69) is 15.6 Å². The van der Waals surface area contributed by atoms with Gasteiger partial charge in [-0.2, -0.15) is 0 Å². The summed E-state index contributed by atoms with van der Waals surface area (Å²) in [6, 6.07) is 4.50. The minimum atomic E-state index is -0.682. The summed E-state index contributed by atoms with van der Waals surface area (Å²) in [6.07, 6.45) is 2.46. The normalized spacial score (nSPS) is 16.8. The second-order valence-corrected chi connectivity index (χ2v) is 5.10. The Bertz CT molecular complexity index is 475. The van der Waals surface area contributed by atoms with Crippen LogP contribution in [0.25, 0.3) is 0 Å². The van der Waals surface area contributed by atoms with Crippen molar-refractivity contribution in [3.8, 4) is 0 Å². The van der Waals surface area contributed by atoms with E-state index in [0.717, 1.165) is 6.42 Å². The van der Waals surface area contributed by atoms with Crippen LogP contribution in [-0.2, 0) is 4.79 Å². The van der Waals surface area contributed by atoms with Crippen LogP contribution in [0.3, 0.4) is 0 Å². The molecule has 1 atom stereocenters. The number of carbonyl (C=O) groups is 2. The van der Waals surface area contributed by atoms with Crippen LogP contribution < -0.4 is 10.6 Å². The van der Waals surface area contributed by atoms with E-state index in [1.54, 1.807) is 23.2 Å². The third kappa shape index (κ3) is 3.26. The van der Waals surface area contributed by atoms with Crippen molar-refractivity contribution in [2.75, 3.05) is 13.1 Å². The highest BCUT2D eigenvalue weighted by atomic mass is 16.2. The van der Waals surface area contributed by atoms with Gasteiger partial charge in [-0.3, -0.25) is 9.78 Å². The van der Waals surface area contributed by atoms with Gasteiger partial charge in [0.05, 0.1) is 5.69 Å². The topological polar surface area (TPSA) is 74.3 Å². The molecule has 1 aromatic heterocycles. The molecule has 2 rings (SSSR count). The van der Waals surface area contributed by atoms with E-state index in [-0.39, 0.29) is 18.0 Å². The van der Waals surface area contributed by atoms with E-state index < -0.39 is 6.04 Å². The Balaban J connectivity index is 2.28. The Kier molecular flexibility index (Phi) is 4.55. The SMILES string of the molecule is CC(C)NC(=O)C(c1ccccn1)N1CCCNC1=O. The van der Waals surface area contributed by atoms with Crippen molar-refractivity contribution in [3.05, 3.63) is 30.1 Å². The van der Waals surface area contributed by atoms with Gasteiger partial charge in [-0.15, -0.1) is 0 Å². The number of rotatable bonds is 4. The first-order chi connectivity index (χ1) is 9.59. The zero-order chi connectivity index (χ0) is 14.5. The summed E-state index contributed by atoms with van der Waals surface area (Å²) in [5.74, 6) is -0.198. The molecule has 1 aromatic rings. The minimum absolute atomic E-state index is 0.0153. The fraction of sp³-hybridized carbons (Fsp3) is 0.500. The fourth-order valence-electron chi connectivity index (χ4n) is 2.23. The van der Waals surface area contributed by atoms with Crippen molar-refractivity contribution in [1.82, 2.24) is 20.5 Å². The summed E-state index contributed by atoms with van der Waals surface area (Å²) in [7, 11) is 0. The molecule has 1 unspecified atom stereocenters. The highest BCUT2D eigenvalue weighted by Crippen LogP contribution is 2.21. The lowest BCUT2D eigenvalue weighted by atomic mass is 10.1. The van der Waals surface area contributed by atoms with Crippen LogP contribution in [0.15, 0.2) is 24.4 Å². The number of amides is 3. The third-order valence-electron chi connectivity index (χ3n) is 3.07. The number of nitrogens with one attached hydrogen (secondary N) is 2. The Labute approximate surface area is 118 Å². The second-order valence-electron chi connectivity index (χ2n) is 5.10. The van der Waals surface area contributed by atoms with Gasteiger partial charge in [0, 0.05) is 25.3 Å². The first-order valence-corrected chi connectivity index (χ1v) is 6.85. The number of urea groups is 1. The number of carbonyl (C=O) groups excluding carboxylic acids is 2. The summed E-state index contributed by atoms with van der Waals surface area (Å²) >= 11 is 0.